The van der Waals surface area contributed by atoms with Crippen LogP contribution in [0, 0.1) is 11.3 Å². The molecule has 1 heterocycles. The Morgan fingerprint density at radius 3 is 2.82 bits per heavy atom. The van der Waals surface area contributed by atoms with Gasteiger partial charge < -0.3 is 5.32 Å². The van der Waals surface area contributed by atoms with Crippen molar-refractivity contribution in [1.29, 1.82) is 5.26 Å². The van der Waals surface area contributed by atoms with Crippen molar-refractivity contribution in [2.45, 2.75) is 38.5 Å². The summed E-state index contributed by atoms with van der Waals surface area (Å²) in [6, 6.07) is 12.1. The fourth-order valence-electron chi connectivity index (χ4n) is 3.07. The van der Waals surface area contributed by atoms with Crippen LogP contribution in [0.25, 0.3) is 0 Å². The van der Waals surface area contributed by atoms with Gasteiger partial charge in [-0.3, -0.25) is 4.79 Å². The number of aryl methyl sites for hydroxylation is 1. The van der Waals surface area contributed by atoms with Crippen LogP contribution in [-0.2, 0) is 17.6 Å². The molecule has 1 aliphatic rings. The Balaban J connectivity index is 1.84. The van der Waals surface area contributed by atoms with Crippen molar-refractivity contribution in [2.75, 3.05) is 5.32 Å². The minimum Gasteiger partial charge on any atom is -0.316 e. The van der Waals surface area contributed by atoms with Gasteiger partial charge in [0.05, 0.1) is 11.5 Å². The summed E-state index contributed by atoms with van der Waals surface area (Å²) >= 11 is 1.57. The molecule has 0 aliphatic heterocycles. The van der Waals surface area contributed by atoms with Crippen molar-refractivity contribution in [2.24, 2.45) is 0 Å². The van der Waals surface area contributed by atoms with E-state index in [2.05, 4.69) is 11.4 Å². The normalized spacial score (nSPS) is 14.2. The van der Waals surface area contributed by atoms with E-state index in [0.717, 1.165) is 41.8 Å². The standard InChI is InChI=1S/C18H18N2OS/c1-2-13(12-7-4-3-5-8-12)17(21)20-18-15(11-19)14-9-6-10-16(14)22-18/h3-5,7-8,13H,2,6,9-10H2,1H3,(H,20,21). The molecular formula is C18H18N2OS. The summed E-state index contributed by atoms with van der Waals surface area (Å²) in [5, 5.41) is 13.1. The van der Waals surface area contributed by atoms with Crippen LogP contribution in [0.1, 0.15) is 47.3 Å². The summed E-state index contributed by atoms with van der Waals surface area (Å²) in [5.74, 6) is -0.199. The van der Waals surface area contributed by atoms with Gasteiger partial charge in [-0.05, 0) is 36.8 Å². The van der Waals surface area contributed by atoms with E-state index in [-0.39, 0.29) is 11.8 Å². The first-order valence-electron chi connectivity index (χ1n) is 7.65. The van der Waals surface area contributed by atoms with Crippen LogP contribution in [0.3, 0.4) is 0 Å². The van der Waals surface area contributed by atoms with Gasteiger partial charge in [-0.25, -0.2) is 0 Å². The number of nitrogens with zero attached hydrogens (tertiary/aromatic N) is 1. The lowest BCUT2D eigenvalue weighted by atomic mass is 9.95. The highest BCUT2D eigenvalue weighted by molar-refractivity contribution is 7.16. The summed E-state index contributed by atoms with van der Waals surface area (Å²) in [5.41, 5.74) is 2.84. The van der Waals surface area contributed by atoms with Crippen LogP contribution in [-0.4, -0.2) is 5.91 Å². The van der Waals surface area contributed by atoms with Gasteiger partial charge in [-0.15, -0.1) is 11.3 Å². The van der Waals surface area contributed by atoms with Gasteiger partial charge in [0.1, 0.15) is 11.1 Å². The molecule has 0 spiro atoms. The smallest absolute Gasteiger partial charge is 0.232 e. The SMILES string of the molecule is CCC(C(=O)Nc1sc2c(c1C#N)CCC2)c1ccccc1. The Hall–Kier alpha value is -2.12. The highest BCUT2D eigenvalue weighted by Crippen LogP contribution is 2.39. The second-order valence-corrected chi connectivity index (χ2v) is 6.64. The van der Waals surface area contributed by atoms with Crippen LogP contribution >= 0.6 is 11.3 Å². The van der Waals surface area contributed by atoms with E-state index in [0.29, 0.717) is 5.56 Å². The number of amides is 1. The van der Waals surface area contributed by atoms with Gasteiger partial charge in [0, 0.05) is 4.88 Å². The first-order valence-corrected chi connectivity index (χ1v) is 8.46. The lowest BCUT2D eigenvalue weighted by Crippen LogP contribution is -2.20. The zero-order valence-corrected chi connectivity index (χ0v) is 13.4. The Labute approximate surface area is 134 Å². The van der Waals surface area contributed by atoms with Crippen LogP contribution in [0.2, 0.25) is 0 Å². The molecule has 22 heavy (non-hydrogen) atoms. The third-order valence-electron chi connectivity index (χ3n) is 4.20. The average molecular weight is 310 g/mol. The maximum Gasteiger partial charge on any atom is 0.232 e. The second kappa shape index (κ2) is 6.33. The molecule has 0 fully saturated rings. The molecule has 1 unspecified atom stereocenters. The number of thiophene rings is 1. The molecule has 1 aromatic carbocycles. The summed E-state index contributed by atoms with van der Waals surface area (Å²) in [7, 11) is 0. The largest absolute Gasteiger partial charge is 0.316 e. The van der Waals surface area contributed by atoms with E-state index < -0.39 is 0 Å². The van der Waals surface area contributed by atoms with Crippen LogP contribution in [0.4, 0.5) is 5.00 Å². The van der Waals surface area contributed by atoms with E-state index >= 15 is 0 Å². The topological polar surface area (TPSA) is 52.9 Å². The van der Waals surface area contributed by atoms with Gasteiger partial charge in [-0.1, -0.05) is 37.3 Å². The van der Waals surface area contributed by atoms with E-state index in [1.54, 1.807) is 11.3 Å². The van der Waals surface area contributed by atoms with Crippen LogP contribution < -0.4 is 5.32 Å². The molecule has 1 N–H and O–H groups in total. The third kappa shape index (κ3) is 2.65. The number of anilines is 1. The zero-order chi connectivity index (χ0) is 15.5. The van der Waals surface area contributed by atoms with E-state index in [1.165, 1.54) is 4.88 Å². The number of benzene rings is 1. The fraction of sp³-hybridized carbons (Fsp3) is 0.333. The van der Waals surface area contributed by atoms with Crippen molar-refractivity contribution in [3.8, 4) is 6.07 Å². The lowest BCUT2D eigenvalue weighted by molar-refractivity contribution is -0.117. The highest BCUT2D eigenvalue weighted by atomic mass is 32.1. The third-order valence-corrected chi connectivity index (χ3v) is 5.40. The van der Waals surface area contributed by atoms with E-state index in [4.69, 9.17) is 0 Å². The van der Waals surface area contributed by atoms with Crippen molar-refractivity contribution < 1.29 is 4.79 Å². The predicted octanol–water partition coefficient (Wildman–Crippen LogP) is 4.24. The molecule has 1 aromatic heterocycles. The summed E-state index contributed by atoms with van der Waals surface area (Å²) < 4.78 is 0. The van der Waals surface area contributed by atoms with Crippen molar-refractivity contribution in [1.82, 2.24) is 0 Å². The number of hydrogen-bond acceptors (Lipinski definition) is 3. The van der Waals surface area contributed by atoms with Gasteiger partial charge in [0.25, 0.3) is 0 Å². The fourth-order valence-corrected chi connectivity index (χ4v) is 4.31. The minimum atomic E-state index is -0.176. The maximum absolute atomic E-state index is 12.6. The molecule has 112 valence electrons. The monoisotopic (exact) mass is 310 g/mol. The first-order chi connectivity index (χ1) is 10.7. The summed E-state index contributed by atoms with van der Waals surface area (Å²) in [6.45, 7) is 2.01. The molecule has 4 heteroatoms. The predicted molar refractivity (Wildman–Crippen MR) is 89.2 cm³/mol. The molecule has 3 nitrogen and oxygen atoms in total. The van der Waals surface area contributed by atoms with E-state index in [9.17, 15) is 10.1 Å². The number of rotatable bonds is 4. The van der Waals surface area contributed by atoms with Gasteiger partial charge >= 0.3 is 0 Å². The number of fused-ring (bicyclic) bond motifs is 1. The van der Waals surface area contributed by atoms with Crippen molar-refractivity contribution in [3.05, 3.63) is 51.9 Å². The molecule has 1 amide bonds. The number of carbonyl (C=O) groups excluding carboxylic acids is 1. The molecule has 0 saturated heterocycles. The Morgan fingerprint density at radius 1 is 1.36 bits per heavy atom. The zero-order valence-electron chi connectivity index (χ0n) is 12.6. The summed E-state index contributed by atoms with van der Waals surface area (Å²) in [4.78, 5) is 13.9. The number of nitrogens with one attached hydrogen (secondary N) is 1. The Bertz CT molecular complexity index is 728. The Morgan fingerprint density at radius 2 is 2.14 bits per heavy atom. The number of carbonyl (C=O) groups is 1. The second-order valence-electron chi connectivity index (χ2n) is 5.53. The van der Waals surface area contributed by atoms with Gasteiger partial charge in [0.15, 0.2) is 0 Å². The number of hydrogen-bond donors (Lipinski definition) is 1. The van der Waals surface area contributed by atoms with Crippen molar-refractivity contribution in [3.63, 3.8) is 0 Å². The quantitative estimate of drug-likeness (QED) is 0.918. The van der Waals surface area contributed by atoms with Gasteiger partial charge in [0.2, 0.25) is 5.91 Å². The first kappa shape index (κ1) is 14.8. The average Bonchev–Trinajstić information content (AvgIpc) is 3.09. The van der Waals surface area contributed by atoms with E-state index in [1.807, 2.05) is 37.3 Å². The molecule has 1 aliphatic carbocycles. The van der Waals surface area contributed by atoms with Crippen LogP contribution in [0.15, 0.2) is 30.3 Å². The van der Waals surface area contributed by atoms with Gasteiger partial charge in [-0.2, -0.15) is 5.26 Å². The molecule has 0 saturated carbocycles. The molecular weight excluding hydrogens is 292 g/mol. The number of nitriles is 1. The molecule has 3 rings (SSSR count). The molecule has 2 aromatic rings. The minimum absolute atomic E-state index is 0.0230. The highest BCUT2D eigenvalue weighted by Gasteiger charge is 2.25. The molecule has 1 atom stereocenters. The lowest BCUT2D eigenvalue weighted by Gasteiger charge is -2.15. The Kier molecular flexibility index (Phi) is 4.26. The van der Waals surface area contributed by atoms with Crippen LogP contribution in [0.5, 0.6) is 0 Å². The molecule has 0 bridgehead atoms. The molecule has 0 radical (unpaired) electrons. The van der Waals surface area contributed by atoms with Crippen molar-refractivity contribution >= 4 is 22.2 Å². The summed E-state index contributed by atoms with van der Waals surface area (Å²) in [6.07, 6.45) is 3.84. The maximum atomic E-state index is 12.6.